The van der Waals surface area contributed by atoms with Crippen LogP contribution in [-0.2, 0) is 6.42 Å². The lowest BCUT2D eigenvalue weighted by atomic mass is 10.1. The fourth-order valence-electron chi connectivity index (χ4n) is 5.17. The molecule has 1 aromatic heterocycles. The molecule has 2 aromatic carbocycles. The minimum absolute atomic E-state index is 0. The van der Waals surface area contributed by atoms with Gasteiger partial charge in [0, 0.05) is 74.3 Å². The van der Waals surface area contributed by atoms with Gasteiger partial charge in [0.2, 0.25) is 0 Å². The second-order valence-electron chi connectivity index (χ2n) is 9.77. The Morgan fingerprint density at radius 1 is 0.889 bits per heavy atom. The Bertz CT molecular complexity index is 1180. The zero-order valence-electron chi connectivity index (χ0n) is 21.4. The molecule has 0 unspecified atom stereocenters. The Balaban J connectivity index is 0.00000180. The topological polar surface area (TPSA) is 42.9 Å². The Labute approximate surface area is 227 Å². The van der Waals surface area contributed by atoms with Gasteiger partial charge < -0.3 is 9.80 Å². The number of rotatable bonds is 6. The summed E-state index contributed by atoms with van der Waals surface area (Å²) in [5, 5.41) is 1.24. The summed E-state index contributed by atoms with van der Waals surface area (Å²) in [7, 11) is 0. The van der Waals surface area contributed by atoms with E-state index in [4.69, 9.17) is 4.98 Å². The van der Waals surface area contributed by atoms with Crippen LogP contribution in [0, 0.1) is 6.92 Å². The van der Waals surface area contributed by atoms with Crippen LogP contribution in [0.5, 0.6) is 0 Å². The maximum atomic E-state index is 12.7. The van der Waals surface area contributed by atoms with Crippen LogP contribution in [0.4, 0.5) is 16.2 Å². The van der Waals surface area contributed by atoms with Crippen LogP contribution < -0.4 is 9.80 Å². The minimum Gasteiger partial charge on any atom is -0.368 e. The molecule has 0 N–H and O–H groups in total. The van der Waals surface area contributed by atoms with Crippen LogP contribution in [0.15, 0.2) is 54.6 Å². The summed E-state index contributed by atoms with van der Waals surface area (Å²) in [6.07, 6.45) is 1.00. The number of aryl methyl sites for hydroxylation is 1. The van der Waals surface area contributed by atoms with Crippen LogP contribution >= 0.6 is 24.8 Å². The summed E-state index contributed by atoms with van der Waals surface area (Å²) < 4.78 is 0. The Kier molecular flexibility index (Phi) is 9.45. The van der Waals surface area contributed by atoms with Gasteiger partial charge in [-0.2, -0.15) is 0 Å². The van der Waals surface area contributed by atoms with Gasteiger partial charge in [0.05, 0.1) is 5.52 Å². The van der Waals surface area contributed by atoms with E-state index in [9.17, 15) is 4.79 Å². The zero-order valence-corrected chi connectivity index (χ0v) is 23.0. The molecule has 0 spiro atoms. The number of anilines is 2. The van der Waals surface area contributed by atoms with Crippen molar-refractivity contribution in [2.24, 2.45) is 0 Å². The number of hydrogen-bond acceptors (Lipinski definition) is 4. The van der Waals surface area contributed by atoms with Crippen molar-refractivity contribution in [2.45, 2.75) is 33.2 Å². The van der Waals surface area contributed by atoms with E-state index >= 15 is 0 Å². The summed E-state index contributed by atoms with van der Waals surface area (Å²) in [4.78, 5) is 26.4. The van der Waals surface area contributed by atoms with E-state index in [1.165, 1.54) is 16.6 Å². The molecule has 36 heavy (non-hydrogen) atoms. The number of carbonyl (C=O) groups is 1. The second-order valence-corrected chi connectivity index (χ2v) is 9.77. The van der Waals surface area contributed by atoms with E-state index < -0.39 is 0 Å². The Morgan fingerprint density at radius 3 is 2.36 bits per heavy atom. The number of piperazine rings is 1. The third-order valence-electron chi connectivity index (χ3n) is 7.16. The molecular weight excluding hydrogens is 493 g/mol. The molecule has 2 amide bonds. The Hall–Kier alpha value is -2.54. The van der Waals surface area contributed by atoms with Gasteiger partial charge in [0.25, 0.3) is 0 Å². The van der Waals surface area contributed by atoms with Crippen molar-refractivity contribution in [2.75, 3.05) is 55.6 Å². The fraction of sp³-hybridized carbons (Fsp3) is 0.429. The first-order chi connectivity index (χ1) is 16.5. The average molecular weight is 531 g/mol. The first-order valence-electron chi connectivity index (χ1n) is 12.5. The van der Waals surface area contributed by atoms with Crippen molar-refractivity contribution < 1.29 is 4.79 Å². The molecule has 2 saturated heterocycles. The smallest absolute Gasteiger partial charge is 0.324 e. The van der Waals surface area contributed by atoms with Gasteiger partial charge in [0.15, 0.2) is 0 Å². The summed E-state index contributed by atoms with van der Waals surface area (Å²) in [5.41, 5.74) is 5.75. The maximum absolute atomic E-state index is 12.7. The van der Waals surface area contributed by atoms with E-state index in [1.54, 1.807) is 0 Å². The van der Waals surface area contributed by atoms with Gasteiger partial charge in [-0.3, -0.25) is 14.8 Å². The number of aromatic nitrogens is 1. The predicted octanol–water partition coefficient (Wildman–Crippen LogP) is 5.40. The molecule has 0 aliphatic carbocycles. The van der Waals surface area contributed by atoms with Crippen LogP contribution in [0.3, 0.4) is 0 Å². The lowest BCUT2D eigenvalue weighted by Crippen LogP contribution is -2.47. The molecule has 2 aliphatic rings. The molecule has 3 aromatic rings. The molecule has 2 fully saturated rings. The number of amides is 2. The van der Waals surface area contributed by atoms with Gasteiger partial charge in [-0.1, -0.05) is 18.2 Å². The van der Waals surface area contributed by atoms with E-state index in [-0.39, 0.29) is 36.9 Å². The third kappa shape index (κ3) is 5.88. The molecule has 5 rings (SSSR count). The van der Waals surface area contributed by atoms with Crippen LogP contribution in [-0.4, -0.2) is 72.7 Å². The van der Waals surface area contributed by atoms with Crippen molar-refractivity contribution in [1.29, 1.82) is 0 Å². The number of urea groups is 1. The quantitative estimate of drug-likeness (QED) is 0.428. The van der Waals surface area contributed by atoms with Gasteiger partial charge >= 0.3 is 6.03 Å². The highest BCUT2D eigenvalue weighted by molar-refractivity contribution is 5.94. The number of halogens is 2. The summed E-state index contributed by atoms with van der Waals surface area (Å²) >= 11 is 0. The Morgan fingerprint density at radius 2 is 1.64 bits per heavy atom. The highest BCUT2D eigenvalue weighted by Crippen LogP contribution is 2.27. The second kappa shape index (κ2) is 12.1. The van der Waals surface area contributed by atoms with Crippen LogP contribution in [0.25, 0.3) is 10.9 Å². The van der Waals surface area contributed by atoms with Crippen LogP contribution in [0.1, 0.15) is 25.1 Å². The van der Waals surface area contributed by atoms with Crippen molar-refractivity contribution >= 4 is 53.1 Å². The molecule has 0 atom stereocenters. The molecule has 0 radical (unpaired) electrons. The molecule has 0 bridgehead atoms. The lowest BCUT2D eigenvalue weighted by Gasteiger charge is -2.36. The first-order valence-corrected chi connectivity index (χ1v) is 12.5. The zero-order chi connectivity index (χ0) is 23.7. The number of nitrogens with zero attached hydrogens (tertiary/aromatic N) is 5. The highest BCUT2D eigenvalue weighted by Gasteiger charge is 2.31. The summed E-state index contributed by atoms with van der Waals surface area (Å²) in [6, 6.07) is 19.7. The summed E-state index contributed by atoms with van der Waals surface area (Å²) in [6.45, 7) is 13.0. The minimum atomic E-state index is 0. The van der Waals surface area contributed by atoms with Gasteiger partial charge in [-0.05, 0) is 69.2 Å². The first kappa shape index (κ1) is 28.0. The standard InChI is InChI=1S/C28H35N5O.2ClH/c1-21(2)32-18-19-33(28(32)34)24-7-4-6-23(20-24)12-13-30-14-16-31(17-15-30)27-9-5-8-26-25(27)11-10-22(3)29-26;;/h4-11,20-21H,12-19H2,1-3H3;2*1H. The average Bonchev–Trinajstić information content (AvgIpc) is 3.24. The molecule has 6 nitrogen and oxygen atoms in total. The molecule has 8 heteroatoms. The number of hydrogen-bond donors (Lipinski definition) is 0. The lowest BCUT2D eigenvalue weighted by molar-refractivity contribution is 0.209. The number of fused-ring (bicyclic) bond motifs is 1. The fourth-order valence-corrected chi connectivity index (χ4v) is 5.17. The van der Waals surface area contributed by atoms with Crippen molar-refractivity contribution in [1.82, 2.24) is 14.8 Å². The van der Waals surface area contributed by atoms with Gasteiger partial charge in [-0.25, -0.2) is 4.79 Å². The largest absolute Gasteiger partial charge is 0.368 e. The van der Waals surface area contributed by atoms with E-state index in [0.717, 1.165) is 69.1 Å². The van der Waals surface area contributed by atoms with E-state index in [0.29, 0.717) is 0 Å². The summed E-state index contributed by atoms with van der Waals surface area (Å²) in [5.74, 6) is 0. The number of carbonyl (C=O) groups excluding carboxylic acids is 1. The van der Waals surface area contributed by atoms with E-state index in [2.05, 4.69) is 78.2 Å². The molecule has 3 heterocycles. The monoisotopic (exact) mass is 529 g/mol. The van der Waals surface area contributed by atoms with E-state index in [1.807, 2.05) is 16.7 Å². The van der Waals surface area contributed by atoms with Gasteiger partial charge in [0.1, 0.15) is 0 Å². The normalized spacial score (nSPS) is 16.4. The molecule has 2 aliphatic heterocycles. The molecule has 194 valence electrons. The van der Waals surface area contributed by atoms with Crippen LogP contribution in [0.2, 0.25) is 0 Å². The predicted molar refractivity (Wildman–Crippen MR) is 154 cm³/mol. The highest BCUT2D eigenvalue weighted by atomic mass is 35.5. The van der Waals surface area contributed by atoms with Crippen molar-refractivity contribution in [3.63, 3.8) is 0 Å². The molecule has 0 saturated carbocycles. The van der Waals surface area contributed by atoms with Crippen molar-refractivity contribution in [3.05, 3.63) is 65.9 Å². The van der Waals surface area contributed by atoms with Gasteiger partial charge in [-0.15, -0.1) is 24.8 Å². The third-order valence-corrected chi connectivity index (χ3v) is 7.16. The maximum Gasteiger partial charge on any atom is 0.324 e. The van der Waals surface area contributed by atoms with Crippen molar-refractivity contribution in [3.8, 4) is 0 Å². The number of benzene rings is 2. The molecular formula is C28H37Cl2N5O. The SMILES string of the molecule is Cc1ccc2c(N3CCN(CCc4cccc(N5CCN(C(C)C)C5=O)c4)CC3)cccc2n1.Cl.Cl. The number of pyridine rings is 1.